The first-order valence-corrected chi connectivity index (χ1v) is 19.3. The molecule has 0 aromatic carbocycles. The van der Waals surface area contributed by atoms with Gasteiger partial charge in [-0.2, -0.15) is 5.06 Å². The van der Waals surface area contributed by atoms with Crippen LogP contribution in [0, 0.1) is 58.7 Å². The minimum atomic E-state index is -0.739. The number of methoxy groups -OCH3 is 1. The third kappa shape index (κ3) is 7.64. The number of hydrogen-bond acceptors (Lipinski definition) is 8. The first kappa shape index (κ1) is 37.9. The molecule has 10 heteroatoms. The van der Waals surface area contributed by atoms with Gasteiger partial charge in [0, 0.05) is 56.6 Å². The first-order valence-electron chi connectivity index (χ1n) is 19.3. The number of nitrogens with zero attached hydrogens (tertiary/aromatic N) is 2. The van der Waals surface area contributed by atoms with Crippen LogP contribution in [-0.2, 0) is 19.2 Å². The smallest absolute Gasteiger partial charge is 0.240 e. The van der Waals surface area contributed by atoms with Crippen molar-refractivity contribution in [3.8, 4) is 0 Å². The maximum absolute atomic E-state index is 14.3. The van der Waals surface area contributed by atoms with Crippen LogP contribution in [0.3, 0.4) is 0 Å². The van der Waals surface area contributed by atoms with Crippen LogP contribution in [0.4, 0.5) is 0 Å². The molecule has 5 saturated carbocycles. The summed E-state index contributed by atoms with van der Waals surface area (Å²) in [6, 6.07) is -0.130. The summed E-state index contributed by atoms with van der Waals surface area (Å²) in [5.74, 6) is 2.67. The summed E-state index contributed by atoms with van der Waals surface area (Å²) in [6.45, 7) is 14.6. The largest absolute Gasteiger partial charge is 0.393 e. The van der Waals surface area contributed by atoms with E-state index in [9.17, 15) is 14.7 Å². The third-order valence-corrected chi connectivity index (χ3v) is 13.9. The molecular formula is C38H69N5O5. The Morgan fingerprint density at radius 1 is 1.08 bits per heavy atom. The topological polar surface area (TPSA) is 129 Å². The molecule has 0 radical (unpaired) electrons. The highest BCUT2D eigenvalue weighted by Gasteiger charge is 2.58. The average Bonchev–Trinajstić information content (AvgIpc) is 3.42. The van der Waals surface area contributed by atoms with E-state index in [0.29, 0.717) is 60.1 Å². The summed E-state index contributed by atoms with van der Waals surface area (Å²) in [5, 5.41) is 19.5. The monoisotopic (exact) mass is 676 g/mol. The maximum atomic E-state index is 14.3. The molecule has 5 aliphatic carbocycles. The standard InChI is InChI=1S/C38H69N5O5/c1-21(2)19-40-36(45)26-13-25(14-28(15-26)42(7)8)29-12-10-11-24(35(29)47-9)20-43-34(33(23(4)44)32(18-39)48-43)37(46)41-31-17-27-16-30(22(31)3)38(27,5)6/h21-35,44H,10-20,39H2,1-9H3,(H,40,45)(H,41,46)/t22-,23?,24?,25?,26?,27+,28?,29?,30-,31-,32-,33?,34-,35?/m0/s1. The number of ether oxygens (including phenoxy) is 1. The van der Waals surface area contributed by atoms with Crippen LogP contribution in [-0.4, -0.2) is 104 Å². The summed E-state index contributed by atoms with van der Waals surface area (Å²) in [5.41, 5.74) is 6.55. The van der Waals surface area contributed by atoms with E-state index in [2.05, 4.69) is 64.2 Å². The van der Waals surface area contributed by atoms with Gasteiger partial charge in [0.15, 0.2) is 0 Å². The second-order valence-electron chi connectivity index (χ2n) is 17.8. The Kier molecular flexibility index (Phi) is 12.3. The molecule has 1 heterocycles. The molecular weight excluding hydrogens is 606 g/mol. The summed E-state index contributed by atoms with van der Waals surface area (Å²) in [7, 11) is 6.09. The van der Waals surface area contributed by atoms with Gasteiger partial charge in [-0.25, -0.2) is 0 Å². The van der Waals surface area contributed by atoms with Crippen molar-refractivity contribution in [3.63, 3.8) is 0 Å². The predicted molar refractivity (Wildman–Crippen MR) is 188 cm³/mol. The van der Waals surface area contributed by atoms with E-state index in [-0.39, 0.29) is 42.3 Å². The number of aliphatic hydroxyl groups is 1. The minimum Gasteiger partial charge on any atom is -0.393 e. The summed E-state index contributed by atoms with van der Waals surface area (Å²) in [4.78, 5) is 36.4. The van der Waals surface area contributed by atoms with Gasteiger partial charge in [-0.1, -0.05) is 41.0 Å². The van der Waals surface area contributed by atoms with Crippen LogP contribution in [0.2, 0.25) is 0 Å². The van der Waals surface area contributed by atoms with Crippen molar-refractivity contribution in [2.75, 3.05) is 40.8 Å². The number of carbonyl (C=O) groups excluding carboxylic acids is 2. The number of amides is 2. The first-order chi connectivity index (χ1) is 22.7. The van der Waals surface area contributed by atoms with Crippen LogP contribution in [0.15, 0.2) is 0 Å². The molecule has 276 valence electrons. The molecule has 6 fully saturated rings. The Morgan fingerprint density at radius 3 is 2.40 bits per heavy atom. The SMILES string of the molecule is COC1C(CN2O[C@@H](CN)C(C(C)O)[C@H]2C(=O)N[C@H]2C[C@H]3C[C@@H]([C@@H]2C)C3(C)C)CCCC1C1CC(C(=O)NCC(C)C)CC(N(C)C)C1. The summed E-state index contributed by atoms with van der Waals surface area (Å²) >= 11 is 0. The zero-order valence-corrected chi connectivity index (χ0v) is 31.5. The van der Waals surface area contributed by atoms with E-state index in [0.717, 1.165) is 44.9 Å². The number of nitrogens with one attached hydrogen (secondary N) is 2. The maximum Gasteiger partial charge on any atom is 0.240 e. The number of rotatable bonds is 12. The Morgan fingerprint density at radius 2 is 1.81 bits per heavy atom. The van der Waals surface area contributed by atoms with Crippen molar-refractivity contribution in [1.29, 1.82) is 0 Å². The van der Waals surface area contributed by atoms with Gasteiger partial charge in [-0.15, -0.1) is 0 Å². The highest BCUT2D eigenvalue weighted by atomic mass is 16.7. The molecule has 5 N–H and O–H groups in total. The lowest BCUT2D eigenvalue weighted by molar-refractivity contribution is -0.186. The van der Waals surface area contributed by atoms with Gasteiger partial charge in [0.2, 0.25) is 11.8 Å². The molecule has 0 aromatic heterocycles. The quantitative estimate of drug-likeness (QED) is 0.247. The van der Waals surface area contributed by atoms with Crippen molar-refractivity contribution in [1.82, 2.24) is 20.6 Å². The van der Waals surface area contributed by atoms with E-state index < -0.39 is 24.2 Å². The highest BCUT2D eigenvalue weighted by molar-refractivity contribution is 5.83. The van der Waals surface area contributed by atoms with Crippen LogP contribution in [0.5, 0.6) is 0 Å². The summed E-state index contributed by atoms with van der Waals surface area (Å²) in [6.07, 6.45) is 7.04. The molecule has 6 rings (SSSR count). The Balaban J connectivity index is 1.32. The fraction of sp³-hybridized carbons (Fsp3) is 0.947. The molecule has 10 nitrogen and oxygen atoms in total. The van der Waals surface area contributed by atoms with Crippen molar-refractivity contribution in [3.05, 3.63) is 0 Å². The number of aliphatic hydroxyl groups excluding tert-OH is 1. The lowest BCUT2D eigenvalue weighted by Crippen LogP contribution is -2.62. The van der Waals surface area contributed by atoms with Crippen molar-refractivity contribution >= 4 is 11.8 Å². The van der Waals surface area contributed by atoms with Gasteiger partial charge in [0.25, 0.3) is 0 Å². The van der Waals surface area contributed by atoms with Gasteiger partial charge in [-0.3, -0.25) is 14.4 Å². The second kappa shape index (κ2) is 15.5. The molecule has 2 amide bonds. The lowest BCUT2D eigenvalue weighted by Gasteiger charge is -2.62. The lowest BCUT2D eigenvalue weighted by atomic mass is 9.45. The van der Waals surface area contributed by atoms with E-state index in [4.69, 9.17) is 15.3 Å². The number of nitrogens with two attached hydrogens (primary N) is 1. The van der Waals surface area contributed by atoms with Crippen LogP contribution in [0.1, 0.15) is 92.9 Å². The molecule has 48 heavy (non-hydrogen) atoms. The van der Waals surface area contributed by atoms with Gasteiger partial charge >= 0.3 is 0 Å². The van der Waals surface area contributed by atoms with Crippen molar-refractivity contribution in [2.24, 2.45) is 64.4 Å². The third-order valence-electron chi connectivity index (χ3n) is 13.9. The molecule has 8 unspecified atom stereocenters. The van der Waals surface area contributed by atoms with E-state index in [1.807, 2.05) is 12.2 Å². The fourth-order valence-corrected chi connectivity index (χ4v) is 10.9. The van der Waals surface area contributed by atoms with Gasteiger partial charge in [-0.05, 0) is 107 Å². The van der Waals surface area contributed by atoms with Crippen molar-refractivity contribution < 1.29 is 24.3 Å². The Hall–Kier alpha value is -1.30. The van der Waals surface area contributed by atoms with Crippen LogP contribution < -0.4 is 16.4 Å². The van der Waals surface area contributed by atoms with Gasteiger partial charge in [0.05, 0.1) is 18.3 Å². The minimum absolute atomic E-state index is 0.00122. The van der Waals surface area contributed by atoms with Gasteiger partial charge in [0.1, 0.15) is 6.04 Å². The predicted octanol–water partition coefficient (Wildman–Crippen LogP) is 3.66. The number of fused-ring (bicyclic) bond motifs is 2. The number of hydrogen-bond donors (Lipinski definition) is 4. The summed E-state index contributed by atoms with van der Waals surface area (Å²) < 4.78 is 6.37. The van der Waals surface area contributed by atoms with Gasteiger partial charge < -0.3 is 31.1 Å². The Labute approximate surface area is 290 Å². The number of hydroxylamine groups is 2. The van der Waals surface area contributed by atoms with Crippen LogP contribution in [0.25, 0.3) is 0 Å². The molecule has 6 aliphatic rings. The second-order valence-corrected chi connectivity index (χ2v) is 17.8. The molecule has 14 atom stereocenters. The molecule has 1 aliphatic heterocycles. The Bertz CT molecular complexity index is 1100. The zero-order valence-electron chi connectivity index (χ0n) is 31.5. The van der Waals surface area contributed by atoms with E-state index in [1.54, 1.807) is 6.92 Å². The van der Waals surface area contributed by atoms with Crippen LogP contribution >= 0.6 is 0 Å². The zero-order chi connectivity index (χ0) is 35.1. The normalized spacial score (nSPS) is 42.0. The van der Waals surface area contributed by atoms with Crippen molar-refractivity contribution in [2.45, 2.75) is 129 Å². The highest BCUT2D eigenvalue weighted by Crippen LogP contribution is 2.61. The fourth-order valence-electron chi connectivity index (χ4n) is 10.9. The number of carbonyl (C=O) groups is 2. The molecule has 1 saturated heterocycles. The molecule has 0 spiro atoms. The molecule has 0 aromatic rings. The van der Waals surface area contributed by atoms with E-state index >= 15 is 0 Å². The molecule has 2 bridgehead atoms. The van der Waals surface area contributed by atoms with E-state index in [1.165, 1.54) is 6.42 Å². The average molecular weight is 676 g/mol.